The third-order valence-corrected chi connectivity index (χ3v) is 4.23. The van der Waals surface area contributed by atoms with E-state index in [1.165, 1.54) is 42.8 Å². The average molecular weight is 347 g/mol. The third-order valence-electron chi connectivity index (χ3n) is 2.47. The van der Waals surface area contributed by atoms with Gasteiger partial charge in [0.15, 0.2) is 0 Å². The fraction of sp³-hybridized carbons (Fsp3) is 0.462. The lowest BCUT2D eigenvalue weighted by atomic mass is 10.2. The molecule has 1 aromatic carbocycles. The maximum absolute atomic E-state index is 11.6. The highest BCUT2D eigenvalue weighted by molar-refractivity contribution is 7.99. The van der Waals surface area contributed by atoms with Crippen molar-refractivity contribution in [2.45, 2.75) is 4.90 Å². The summed E-state index contributed by atoms with van der Waals surface area (Å²) in [7, 11) is 1.18. The Kier molecular flexibility index (Phi) is 8.90. The summed E-state index contributed by atoms with van der Waals surface area (Å²) in [5, 5.41) is 19.5. The number of nitro benzene ring substituents is 1. The molecule has 7 nitrogen and oxygen atoms in total. The van der Waals surface area contributed by atoms with Gasteiger partial charge in [-0.15, -0.1) is 23.5 Å². The SMILES string of the molecule is COC(=O)c1cc(SCCOCSCCO)ccc1[N+](=O)[O-]. The van der Waals surface area contributed by atoms with Gasteiger partial charge in [0.05, 0.1) is 31.2 Å². The smallest absolute Gasteiger partial charge is 0.344 e. The Balaban J connectivity index is 2.54. The van der Waals surface area contributed by atoms with Gasteiger partial charge in [0, 0.05) is 22.5 Å². The van der Waals surface area contributed by atoms with Crippen LogP contribution >= 0.6 is 23.5 Å². The summed E-state index contributed by atoms with van der Waals surface area (Å²) in [4.78, 5) is 22.6. The predicted octanol–water partition coefficient (Wildman–Crippen LogP) is 2.17. The minimum atomic E-state index is -0.731. The van der Waals surface area contributed by atoms with Crippen LogP contribution in [0.15, 0.2) is 23.1 Å². The first kappa shape index (κ1) is 18.8. The van der Waals surface area contributed by atoms with E-state index in [0.717, 1.165) is 4.90 Å². The molecular weight excluding hydrogens is 330 g/mol. The average Bonchev–Trinajstić information content (AvgIpc) is 2.52. The van der Waals surface area contributed by atoms with Gasteiger partial charge in [-0.05, 0) is 12.1 Å². The molecule has 0 unspecified atom stereocenters. The van der Waals surface area contributed by atoms with Crippen molar-refractivity contribution in [2.75, 3.05) is 37.8 Å². The maximum atomic E-state index is 11.6. The first-order valence-corrected chi connectivity index (χ1v) is 8.50. The second kappa shape index (κ2) is 10.4. The van der Waals surface area contributed by atoms with Gasteiger partial charge in [-0.2, -0.15) is 0 Å². The highest BCUT2D eigenvalue weighted by atomic mass is 32.2. The normalized spacial score (nSPS) is 10.5. The molecule has 0 saturated carbocycles. The predicted molar refractivity (Wildman–Crippen MR) is 85.5 cm³/mol. The van der Waals surface area contributed by atoms with Crippen molar-refractivity contribution >= 4 is 35.2 Å². The Morgan fingerprint density at radius 2 is 2.18 bits per heavy atom. The van der Waals surface area contributed by atoms with Crippen LogP contribution in [0.5, 0.6) is 0 Å². The number of esters is 1. The first-order valence-electron chi connectivity index (χ1n) is 6.36. The number of hydrogen-bond donors (Lipinski definition) is 1. The number of nitro groups is 1. The lowest BCUT2D eigenvalue weighted by Crippen LogP contribution is -2.06. The lowest BCUT2D eigenvalue weighted by molar-refractivity contribution is -0.385. The summed E-state index contributed by atoms with van der Waals surface area (Å²) in [6.07, 6.45) is 0. The second-order valence-corrected chi connectivity index (χ2v) is 6.15. The largest absolute Gasteiger partial charge is 0.465 e. The van der Waals surface area contributed by atoms with Crippen LogP contribution in [0.3, 0.4) is 0 Å². The fourth-order valence-corrected chi connectivity index (χ4v) is 2.78. The fourth-order valence-electron chi connectivity index (χ4n) is 1.50. The van der Waals surface area contributed by atoms with E-state index in [4.69, 9.17) is 9.84 Å². The number of carbonyl (C=O) groups excluding carboxylic acids is 1. The Labute approximate surface area is 136 Å². The Bertz CT molecular complexity index is 511. The number of aliphatic hydroxyl groups is 1. The van der Waals surface area contributed by atoms with Gasteiger partial charge in [0.2, 0.25) is 0 Å². The maximum Gasteiger partial charge on any atom is 0.344 e. The molecule has 0 aromatic heterocycles. The van der Waals surface area contributed by atoms with Crippen LogP contribution in [0.2, 0.25) is 0 Å². The van der Waals surface area contributed by atoms with E-state index in [1.807, 2.05) is 0 Å². The molecule has 1 aromatic rings. The summed E-state index contributed by atoms with van der Waals surface area (Å²) in [6, 6.07) is 4.34. The number of aliphatic hydroxyl groups excluding tert-OH is 1. The van der Waals surface area contributed by atoms with Crippen LogP contribution in [0, 0.1) is 10.1 Å². The van der Waals surface area contributed by atoms with Crippen LogP contribution in [0.25, 0.3) is 0 Å². The van der Waals surface area contributed by atoms with Crippen molar-refractivity contribution in [3.05, 3.63) is 33.9 Å². The number of hydrogen-bond acceptors (Lipinski definition) is 8. The quantitative estimate of drug-likeness (QED) is 0.172. The van der Waals surface area contributed by atoms with Crippen LogP contribution in [0.1, 0.15) is 10.4 Å². The van der Waals surface area contributed by atoms with Crippen molar-refractivity contribution in [1.82, 2.24) is 0 Å². The Hall–Kier alpha value is -1.29. The number of carbonyl (C=O) groups is 1. The van der Waals surface area contributed by atoms with Gasteiger partial charge in [0.1, 0.15) is 5.56 Å². The number of ether oxygens (including phenoxy) is 2. The van der Waals surface area contributed by atoms with Gasteiger partial charge in [-0.25, -0.2) is 4.79 Å². The van der Waals surface area contributed by atoms with Crippen molar-refractivity contribution < 1.29 is 24.3 Å². The molecule has 9 heteroatoms. The molecule has 0 heterocycles. The van der Waals surface area contributed by atoms with E-state index in [2.05, 4.69) is 4.74 Å². The molecular formula is C13H17NO6S2. The molecule has 0 bridgehead atoms. The van der Waals surface area contributed by atoms with E-state index in [-0.39, 0.29) is 17.9 Å². The van der Waals surface area contributed by atoms with Gasteiger partial charge in [0.25, 0.3) is 5.69 Å². The van der Waals surface area contributed by atoms with Gasteiger partial charge >= 0.3 is 5.97 Å². The topological polar surface area (TPSA) is 98.9 Å². The second-order valence-electron chi connectivity index (χ2n) is 3.93. The summed E-state index contributed by atoms with van der Waals surface area (Å²) >= 11 is 2.93. The molecule has 0 aliphatic carbocycles. The first-order chi connectivity index (χ1) is 10.6. The molecule has 0 amide bonds. The number of methoxy groups -OCH3 is 1. The Morgan fingerprint density at radius 1 is 1.41 bits per heavy atom. The molecule has 122 valence electrons. The van der Waals surface area contributed by atoms with Crippen molar-refractivity contribution in [3.63, 3.8) is 0 Å². The molecule has 1 rings (SSSR count). The number of nitrogens with zero attached hydrogens (tertiary/aromatic N) is 1. The number of thioether (sulfide) groups is 2. The molecule has 1 N–H and O–H groups in total. The molecule has 0 fully saturated rings. The molecule has 0 aliphatic heterocycles. The lowest BCUT2D eigenvalue weighted by Gasteiger charge is -2.06. The molecule has 0 saturated heterocycles. The highest BCUT2D eigenvalue weighted by Gasteiger charge is 2.21. The van der Waals surface area contributed by atoms with Gasteiger partial charge < -0.3 is 14.6 Å². The van der Waals surface area contributed by atoms with E-state index in [1.54, 1.807) is 6.07 Å². The van der Waals surface area contributed by atoms with Crippen LogP contribution in [-0.4, -0.2) is 53.8 Å². The van der Waals surface area contributed by atoms with Crippen molar-refractivity contribution in [2.24, 2.45) is 0 Å². The third kappa shape index (κ3) is 6.22. The van der Waals surface area contributed by atoms with Crippen molar-refractivity contribution in [3.8, 4) is 0 Å². The minimum absolute atomic E-state index is 0.0584. The van der Waals surface area contributed by atoms with E-state index < -0.39 is 10.9 Å². The van der Waals surface area contributed by atoms with Gasteiger partial charge in [-0.3, -0.25) is 10.1 Å². The zero-order valence-electron chi connectivity index (χ0n) is 12.0. The summed E-state index contributed by atoms with van der Waals surface area (Å²) in [5.41, 5.74) is -0.329. The van der Waals surface area contributed by atoms with E-state index >= 15 is 0 Å². The number of rotatable bonds is 10. The van der Waals surface area contributed by atoms with Crippen LogP contribution in [-0.2, 0) is 9.47 Å². The standard InChI is InChI=1S/C13H17NO6S2/c1-19-13(16)11-8-10(2-3-12(11)14(17)18)22-7-5-20-9-21-6-4-15/h2-3,8,15H,4-7,9H2,1H3. The Morgan fingerprint density at radius 3 is 2.82 bits per heavy atom. The highest BCUT2D eigenvalue weighted by Crippen LogP contribution is 2.26. The molecule has 0 spiro atoms. The minimum Gasteiger partial charge on any atom is -0.465 e. The van der Waals surface area contributed by atoms with Crippen LogP contribution in [0.4, 0.5) is 5.69 Å². The molecule has 0 radical (unpaired) electrons. The zero-order valence-corrected chi connectivity index (χ0v) is 13.7. The van der Waals surface area contributed by atoms with Gasteiger partial charge in [-0.1, -0.05) is 0 Å². The summed E-state index contributed by atoms with van der Waals surface area (Å²) in [6.45, 7) is 0.634. The molecule has 0 aliphatic rings. The summed E-state index contributed by atoms with van der Waals surface area (Å²) < 4.78 is 9.91. The van der Waals surface area contributed by atoms with Crippen LogP contribution < -0.4 is 0 Å². The zero-order chi connectivity index (χ0) is 16.4. The monoisotopic (exact) mass is 347 g/mol. The molecule has 0 atom stereocenters. The van der Waals surface area contributed by atoms with E-state index in [9.17, 15) is 14.9 Å². The number of benzene rings is 1. The van der Waals surface area contributed by atoms with E-state index in [0.29, 0.717) is 24.1 Å². The molecule has 22 heavy (non-hydrogen) atoms. The summed E-state index contributed by atoms with van der Waals surface area (Å²) in [5.74, 6) is 1.07. The van der Waals surface area contributed by atoms with Crippen molar-refractivity contribution in [1.29, 1.82) is 0 Å².